The first kappa shape index (κ1) is 15.8. The first-order valence-corrected chi connectivity index (χ1v) is 7.75. The lowest BCUT2D eigenvalue weighted by Crippen LogP contribution is -2.32. The van der Waals surface area contributed by atoms with Gasteiger partial charge in [0, 0.05) is 31.2 Å². The predicted molar refractivity (Wildman–Crippen MR) is 84.0 cm³/mol. The van der Waals surface area contributed by atoms with Gasteiger partial charge in [0.05, 0.1) is 10.2 Å². The van der Waals surface area contributed by atoms with Gasteiger partial charge in [-0.2, -0.15) is 10.2 Å². The number of nitrogens with one attached hydrogen (secondary N) is 1. The van der Waals surface area contributed by atoms with Gasteiger partial charge in [0.25, 0.3) is 0 Å². The fourth-order valence-corrected chi connectivity index (χ4v) is 2.29. The predicted octanol–water partition coefficient (Wildman–Crippen LogP) is 2.23. The molecule has 1 atom stereocenters. The summed E-state index contributed by atoms with van der Waals surface area (Å²) in [4.78, 5) is 12.1. The van der Waals surface area contributed by atoms with Gasteiger partial charge >= 0.3 is 0 Å². The molecule has 0 bridgehead atoms. The number of aromatic nitrogens is 4. The fraction of sp³-hybridized carbons (Fsp3) is 0.500. The Bertz CT molecular complexity index is 599. The maximum Gasteiger partial charge on any atom is 0.244 e. The molecule has 2 aromatic heterocycles. The van der Waals surface area contributed by atoms with Crippen LogP contribution in [0.2, 0.25) is 0 Å². The zero-order valence-electron chi connectivity index (χ0n) is 12.5. The second kappa shape index (κ2) is 6.89. The first-order chi connectivity index (χ1) is 9.99. The van der Waals surface area contributed by atoms with E-state index in [2.05, 4.69) is 31.4 Å². The van der Waals surface area contributed by atoms with Crippen molar-refractivity contribution in [3.63, 3.8) is 0 Å². The molecule has 0 radical (unpaired) electrons. The summed E-state index contributed by atoms with van der Waals surface area (Å²) in [6.45, 7) is 7.19. The number of carbonyl (C=O) groups is 1. The molecule has 0 saturated heterocycles. The molecule has 21 heavy (non-hydrogen) atoms. The molecule has 0 aliphatic carbocycles. The van der Waals surface area contributed by atoms with Crippen LogP contribution in [0.5, 0.6) is 0 Å². The van der Waals surface area contributed by atoms with E-state index < -0.39 is 0 Å². The zero-order chi connectivity index (χ0) is 15.4. The molecule has 0 fully saturated rings. The van der Waals surface area contributed by atoms with Crippen molar-refractivity contribution < 1.29 is 4.79 Å². The van der Waals surface area contributed by atoms with Crippen molar-refractivity contribution in [1.82, 2.24) is 24.9 Å². The van der Waals surface area contributed by atoms with Gasteiger partial charge in [0.15, 0.2) is 0 Å². The van der Waals surface area contributed by atoms with Crippen molar-refractivity contribution in [3.05, 3.63) is 34.3 Å². The van der Waals surface area contributed by atoms with Crippen LogP contribution in [0.3, 0.4) is 0 Å². The van der Waals surface area contributed by atoms with Crippen molar-refractivity contribution in [1.29, 1.82) is 0 Å². The van der Waals surface area contributed by atoms with E-state index in [1.807, 2.05) is 37.7 Å². The minimum atomic E-state index is -0.318. The second-order valence-electron chi connectivity index (χ2n) is 5.06. The molecule has 1 N–H and O–H groups in total. The highest BCUT2D eigenvalue weighted by atomic mass is 79.9. The summed E-state index contributed by atoms with van der Waals surface area (Å²) in [5.41, 5.74) is 2.01. The van der Waals surface area contributed by atoms with E-state index in [-0.39, 0.29) is 11.9 Å². The van der Waals surface area contributed by atoms with Crippen LogP contribution in [-0.2, 0) is 11.3 Å². The van der Waals surface area contributed by atoms with Crippen LogP contribution >= 0.6 is 15.9 Å². The summed E-state index contributed by atoms with van der Waals surface area (Å²) in [5, 5.41) is 11.5. The smallest absolute Gasteiger partial charge is 0.244 e. The van der Waals surface area contributed by atoms with Crippen LogP contribution in [-0.4, -0.2) is 32.0 Å². The van der Waals surface area contributed by atoms with Crippen molar-refractivity contribution >= 4 is 21.8 Å². The normalized spacial score (nSPS) is 12.4. The quantitative estimate of drug-likeness (QED) is 0.809. The number of rotatable bonds is 6. The second-order valence-corrected chi connectivity index (χ2v) is 5.91. The molecule has 1 amide bonds. The average Bonchev–Trinajstić information content (AvgIpc) is 3.00. The number of hydrogen-bond acceptors (Lipinski definition) is 3. The highest BCUT2D eigenvalue weighted by Gasteiger charge is 2.16. The summed E-state index contributed by atoms with van der Waals surface area (Å²) in [5.74, 6) is -0.0258. The lowest BCUT2D eigenvalue weighted by atomic mass is 10.3. The summed E-state index contributed by atoms with van der Waals surface area (Å²) in [6.07, 6.45) is 4.46. The van der Waals surface area contributed by atoms with Gasteiger partial charge in [-0.25, -0.2) is 0 Å². The molecule has 0 saturated carbocycles. The van der Waals surface area contributed by atoms with Gasteiger partial charge in [-0.15, -0.1) is 0 Å². The number of aryl methyl sites for hydroxylation is 3. The molecule has 114 valence electrons. The van der Waals surface area contributed by atoms with E-state index in [0.717, 1.165) is 28.8 Å². The van der Waals surface area contributed by atoms with Gasteiger partial charge in [-0.3, -0.25) is 14.2 Å². The molecule has 0 spiro atoms. The molecule has 7 heteroatoms. The molecular weight excluding hydrogens is 334 g/mol. The lowest BCUT2D eigenvalue weighted by molar-refractivity contribution is -0.124. The van der Waals surface area contributed by atoms with Crippen molar-refractivity contribution in [2.24, 2.45) is 0 Å². The van der Waals surface area contributed by atoms with Gasteiger partial charge in [0.1, 0.15) is 6.04 Å². The van der Waals surface area contributed by atoms with E-state index >= 15 is 0 Å². The van der Waals surface area contributed by atoms with Gasteiger partial charge < -0.3 is 5.32 Å². The van der Waals surface area contributed by atoms with Crippen LogP contribution in [0.1, 0.15) is 30.8 Å². The number of carbonyl (C=O) groups excluding carboxylic acids is 1. The molecule has 0 aliphatic heterocycles. The maximum absolute atomic E-state index is 12.1. The van der Waals surface area contributed by atoms with E-state index in [1.165, 1.54) is 0 Å². The number of hydrogen-bond donors (Lipinski definition) is 1. The minimum Gasteiger partial charge on any atom is -0.354 e. The monoisotopic (exact) mass is 353 g/mol. The highest BCUT2D eigenvalue weighted by molar-refractivity contribution is 9.10. The summed E-state index contributed by atoms with van der Waals surface area (Å²) in [6, 6.07) is 1.65. The first-order valence-electron chi connectivity index (χ1n) is 6.96. The molecule has 6 nitrogen and oxygen atoms in total. The van der Waals surface area contributed by atoms with Crippen molar-refractivity contribution in [2.75, 3.05) is 6.54 Å². The van der Waals surface area contributed by atoms with Crippen LogP contribution in [0.15, 0.2) is 22.9 Å². The van der Waals surface area contributed by atoms with Crippen molar-refractivity contribution in [3.8, 4) is 0 Å². The molecule has 2 aromatic rings. The Hall–Kier alpha value is -1.63. The van der Waals surface area contributed by atoms with Gasteiger partial charge in [-0.05, 0) is 49.2 Å². The molecule has 2 rings (SSSR count). The Morgan fingerprint density at radius 1 is 1.48 bits per heavy atom. The molecule has 1 unspecified atom stereocenters. The third kappa shape index (κ3) is 3.93. The van der Waals surface area contributed by atoms with Gasteiger partial charge in [-0.1, -0.05) is 0 Å². The van der Waals surface area contributed by atoms with Crippen molar-refractivity contribution in [2.45, 2.75) is 39.8 Å². The number of nitrogens with zero attached hydrogens (tertiary/aromatic N) is 4. The molecule has 0 aromatic carbocycles. The Labute approximate surface area is 132 Å². The third-order valence-electron chi connectivity index (χ3n) is 3.41. The Morgan fingerprint density at radius 3 is 2.81 bits per heavy atom. The maximum atomic E-state index is 12.1. The Morgan fingerprint density at radius 2 is 2.24 bits per heavy atom. The summed E-state index contributed by atoms with van der Waals surface area (Å²) < 4.78 is 4.52. The lowest BCUT2D eigenvalue weighted by Gasteiger charge is -2.12. The number of amides is 1. The SMILES string of the molecule is Cc1nn(C(C)C(=O)NCCCn2nccc2C)cc1Br. The minimum absolute atomic E-state index is 0.0258. The van der Waals surface area contributed by atoms with E-state index in [1.54, 1.807) is 10.9 Å². The molecule has 0 aliphatic rings. The van der Waals surface area contributed by atoms with E-state index in [4.69, 9.17) is 0 Å². The van der Waals surface area contributed by atoms with E-state index in [0.29, 0.717) is 6.54 Å². The zero-order valence-corrected chi connectivity index (χ0v) is 14.1. The average molecular weight is 354 g/mol. The summed E-state index contributed by atoms with van der Waals surface area (Å²) in [7, 11) is 0. The highest BCUT2D eigenvalue weighted by Crippen LogP contribution is 2.16. The molecular formula is C14H20BrN5O. The number of halogens is 1. The third-order valence-corrected chi connectivity index (χ3v) is 4.19. The topological polar surface area (TPSA) is 64.7 Å². The van der Waals surface area contributed by atoms with Crippen LogP contribution in [0.25, 0.3) is 0 Å². The molecule has 2 heterocycles. The largest absolute Gasteiger partial charge is 0.354 e. The summed E-state index contributed by atoms with van der Waals surface area (Å²) >= 11 is 3.40. The van der Waals surface area contributed by atoms with Gasteiger partial charge in [0.2, 0.25) is 5.91 Å². The van der Waals surface area contributed by atoms with Crippen LogP contribution in [0.4, 0.5) is 0 Å². The fourth-order valence-electron chi connectivity index (χ4n) is 2.00. The standard InChI is InChI=1S/C14H20BrN5O/c1-10-5-7-17-19(10)8-4-6-16-14(21)12(3)20-9-13(15)11(2)18-20/h5,7,9,12H,4,6,8H2,1-3H3,(H,16,21). The Balaban J connectivity index is 1.78. The Kier molecular flexibility index (Phi) is 5.17. The van der Waals surface area contributed by atoms with Crippen LogP contribution < -0.4 is 5.32 Å². The van der Waals surface area contributed by atoms with Crippen LogP contribution in [0, 0.1) is 13.8 Å². The van der Waals surface area contributed by atoms with E-state index in [9.17, 15) is 4.79 Å².